The molecule has 0 saturated carbocycles. The van der Waals surface area contributed by atoms with E-state index in [2.05, 4.69) is 22.2 Å². The predicted molar refractivity (Wildman–Crippen MR) is 99.4 cm³/mol. The van der Waals surface area contributed by atoms with Gasteiger partial charge in [0.2, 0.25) is 5.91 Å². The summed E-state index contributed by atoms with van der Waals surface area (Å²) in [5, 5.41) is 7.28. The van der Waals surface area contributed by atoms with Crippen molar-refractivity contribution in [3.8, 4) is 0 Å². The predicted octanol–water partition coefficient (Wildman–Crippen LogP) is 2.81. The van der Waals surface area contributed by atoms with Crippen LogP contribution >= 0.6 is 0 Å². The van der Waals surface area contributed by atoms with Gasteiger partial charge in [0.15, 0.2) is 0 Å². The second-order valence-corrected chi connectivity index (χ2v) is 5.63. The third-order valence-electron chi connectivity index (χ3n) is 3.94. The molecule has 2 aromatic carbocycles. The summed E-state index contributed by atoms with van der Waals surface area (Å²) in [6.45, 7) is 4.36. The summed E-state index contributed by atoms with van der Waals surface area (Å²) in [6, 6.07) is 15.3. The van der Waals surface area contributed by atoms with Gasteiger partial charge in [-0.15, -0.1) is 0 Å². The number of rotatable bonds is 6. The number of para-hydroxylation sites is 2. The van der Waals surface area contributed by atoms with Crippen LogP contribution in [0.1, 0.15) is 16.8 Å². The summed E-state index contributed by atoms with van der Waals surface area (Å²) in [5.74, 6) is -0.345. The number of nitrogens with one attached hydrogen (secondary N) is 2. The Morgan fingerprint density at radius 3 is 2.08 bits per heavy atom. The van der Waals surface area contributed by atoms with Crippen LogP contribution < -0.4 is 10.6 Å². The molecule has 5 heteroatoms. The van der Waals surface area contributed by atoms with Crippen LogP contribution in [0.3, 0.4) is 0 Å². The zero-order valence-electron chi connectivity index (χ0n) is 13.8. The molecular formula is C20H19N3O2. The molecule has 0 unspecified atom stereocenters. The first-order valence-corrected chi connectivity index (χ1v) is 8.16. The quantitative estimate of drug-likeness (QED) is 0.414. The second kappa shape index (κ2) is 7.57. The average molecular weight is 333 g/mol. The molecule has 0 aliphatic rings. The number of hydrogen-bond acceptors (Lipinski definition) is 3. The highest BCUT2D eigenvalue weighted by atomic mass is 16.2. The Hall–Kier alpha value is -3.21. The number of pyridine rings is 1. The molecule has 25 heavy (non-hydrogen) atoms. The Kier molecular flexibility index (Phi) is 5.04. The minimum absolute atomic E-state index is 0.134. The van der Waals surface area contributed by atoms with E-state index in [-0.39, 0.29) is 11.8 Å². The van der Waals surface area contributed by atoms with E-state index >= 15 is 0 Å². The fourth-order valence-corrected chi connectivity index (χ4v) is 2.75. The summed E-state index contributed by atoms with van der Waals surface area (Å²) in [6.07, 6.45) is 1.88. The molecule has 0 aliphatic carbocycles. The van der Waals surface area contributed by atoms with Gasteiger partial charge in [-0.25, -0.2) is 4.98 Å². The van der Waals surface area contributed by atoms with Crippen molar-refractivity contribution in [2.24, 2.45) is 0 Å². The Morgan fingerprint density at radius 2 is 1.48 bits per heavy atom. The molecule has 5 nitrogen and oxygen atoms in total. The van der Waals surface area contributed by atoms with Crippen molar-refractivity contribution in [2.45, 2.75) is 6.42 Å². The van der Waals surface area contributed by atoms with Crippen LogP contribution in [-0.2, 0) is 4.79 Å². The molecule has 0 spiro atoms. The van der Waals surface area contributed by atoms with Crippen LogP contribution in [0.15, 0.2) is 61.2 Å². The van der Waals surface area contributed by atoms with Gasteiger partial charge in [0.25, 0.3) is 5.91 Å². The van der Waals surface area contributed by atoms with Gasteiger partial charge in [0.1, 0.15) is 0 Å². The number of carbonyl (C=O) groups is 2. The molecule has 1 aromatic heterocycles. The first kappa shape index (κ1) is 16.6. The number of nitrogens with zero attached hydrogens (tertiary/aromatic N) is 1. The van der Waals surface area contributed by atoms with Gasteiger partial charge in [-0.1, -0.05) is 43.0 Å². The average Bonchev–Trinajstić information content (AvgIpc) is 2.65. The van der Waals surface area contributed by atoms with Crippen LogP contribution in [0.25, 0.3) is 21.8 Å². The number of hydrogen-bond donors (Lipinski definition) is 2. The number of benzene rings is 2. The second-order valence-electron chi connectivity index (χ2n) is 5.63. The van der Waals surface area contributed by atoms with E-state index in [1.54, 1.807) is 0 Å². The molecule has 1 heterocycles. The minimum atomic E-state index is -0.211. The number of aromatic nitrogens is 1. The SMILES string of the molecule is C=CC(=O)NCCCNC(=O)c1c2ccccc2nc2ccccc12. The largest absolute Gasteiger partial charge is 0.353 e. The highest BCUT2D eigenvalue weighted by molar-refractivity contribution is 6.16. The summed E-state index contributed by atoms with van der Waals surface area (Å²) in [4.78, 5) is 28.5. The van der Waals surface area contributed by atoms with Crippen LogP contribution in [-0.4, -0.2) is 29.9 Å². The topological polar surface area (TPSA) is 71.1 Å². The fraction of sp³-hybridized carbons (Fsp3) is 0.150. The third kappa shape index (κ3) is 3.66. The van der Waals surface area contributed by atoms with Crippen LogP contribution in [0, 0.1) is 0 Å². The van der Waals surface area contributed by atoms with Crippen molar-refractivity contribution in [1.82, 2.24) is 15.6 Å². The standard InChI is InChI=1S/C20H19N3O2/c1-2-18(24)21-12-7-13-22-20(25)19-14-8-3-5-10-16(14)23-17-11-6-4-9-15(17)19/h2-6,8-11H,1,7,12-13H2,(H,21,24)(H,22,25). The minimum Gasteiger partial charge on any atom is -0.353 e. The van der Waals surface area contributed by atoms with Gasteiger partial charge in [0.05, 0.1) is 16.6 Å². The van der Waals surface area contributed by atoms with Gasteiger partial charge >= 0.3 is 0 Å². The molecule has 3 rings (SSSR count). The normalized spacial score (nSPS) is 10.6. The first-order chi connectivity index (χ1) is 12.2. The van der Waals surface area contributed by atoms with Crippen molar-refractivity contribution < 1.29 is 9.59 Å². The van der Waals surface area contributed by atoms with Gasteiger partial charge in [-0.2, -0.15) is 0 Å². The molecule has 0 fully saturated rings. The lowest BCUT2D eigenvalue weighted by molar-refractivity contribution is -0.116. The summed E-state index contributed by atoms with van der Waals surface area (Å²) in [7, 11) is 0. The summed E-state index contributed by atoms with van der Waals surface area (Å²) >= 11 is 0. The van der Waals surface area contributed by atoms with E-state index in [9.17, 15) is 9.59 Å². The number of carbonyl (C=O) groups excluding carboxylic acids is 2. The van der Waals surface area contributed by atoms with Gasteiger partial charge in [0, 0.05) is 23.9 Å². The monoisotopic (exact) mass is 333 g/mol. The lowest BCUT2D eigenvalue weighted by Gasteiger charge is -2.11. The van der Waals surface area contributed by atoms with E-state index in [0.29, 0.717) is 25.1 Å². The maximum atomic E-state index is 12.8. The van der Waals surface area contributed by atoms with Gasteiger partial charge in [-0.3, -0.25) is 9.59 Å². The summed E-state index contributed by atoms with van der Waals surface area (Å²) in [5.41, 5.74) is 2.23. The third-order valence-corrected chi connectivity index (χ3v) is 3.94. The Balaban J connectivity index is 1.82. The molecule has 3 aromatic rings. The van der Waals surface area contributed by atoms with Crippen LogP contribution in [0.5, 0.6) is 0 Å². The zero-order chi connectivity index (χ0) is 17.6. The van der Waals surface area contributed by atoms with Crippen molar-refractivity contribution in [3.63, 3.8) is 0 Å². The smallest absolute Gasteiger partial charge is 0.252 e. The molecule has 126 valence electrons. The van der Waals surface area contributed by atoms with E-state index in [0.717, 1.165) is 21.8 Å². The van der Waals surface area contributed by atoms with E-state index in [1.165, 1.54) is 6.08 Å². The molecule has 2 N–H and O–H groups in total. The molecule has 2 amide bonds. The molecule has 0 bridgehead atoms. The van der Waals surface area contributed by atoms with Crippen molar-refractivity contribution >= 4 is 33.6 Å². The fourth-order valence-electron chi connectivity index (χ4n) is 2.75. The molecule has 0 atom stereocenters. The molecule has 0 saturated heterocycles. The Labute approximate surface area is 145 Å². The van der Waals surface area contributed by atoms with E-state index in [4.69, 9.17) is 0 Å². The molecule has 0 radical (unpaired) electrons. The van der Waals surface area contributed by atoms with Crippen molar-refractivity contribution in [1.29, 1.82) is 0 Å². The molecular weight excluding hydrogens is 314 g/mol. The number of amides is 2. The maximum Gasteiger partial charge on any atom is 0.252 e. The lowest BCUT2D eigenvalue weighted by atomic mass is 10.0. The Morgan fingerprint density at radius 1 is 0.920 bits per heavy atom. The number of fused-ring (bicyclic) bond motifs is 2. The van der Waals surface area contributed by atoms with Crippen molar-refractivity contribution in [3.05, 3.63) is 66.7 Å². The van der Waals surface area contributed by atoms with Gasteiger partial charge < -0.3 is 10.6 Å². The van der Waals surface area contributed by atoms with Crippen LogP contribution in [0.4, 0.5) is 0 Å². The Bertz CT molecular complexity index is 896. The summed E-state index contributed by atoms with van der Waals surface area (Å²) < 4.78 is 0. The maximum absolute atomic E-state index is 12.8. The van der Waals surface area contributed by atoms with E-state index in [1.807, 2.05) is 48.5 Å². The lowest BCUT2D eigenvalue weighted by Crippen LogP contribution is -2.29. The first-order valence-electron chi connectivity index (χ1n) is 8.16. The molecule has 0 aliphatic heterocycles. The highest BCUT2D eigenvalue weighted by Gasteiger charge is 2.15. The van der Waals surface area contributed by atoms with E-state index < -0.39 is 0 Å². The highest BCUT2D eigenvalue weighted by Crippen LogP contribution is 2.25. The van der Waals surface area contributed by atoms with Crippen molar-refractivity contribution in [2.75, 3.05) is 13.1 Å². The van der Waals surface area contributed by atoms with Crippen LogP contribution in [0.2, 0.25) is 0 Å². The zero-order valence-corrected chi connectivity index (χ0v) is 13.8. The van der Waals surface area contributed by atoms with Gasteiger partial charge in [-0.05, 0) is 24.6 Å².